The third kappa shape index (κ3) is 8.06. The van der Waals surface area contributed by atoms with Crippen molar-refractivity contribution in [2.24, 2.45) is 4.99 Å². The van der Waals surface area contributed by atoms with E-state index in [2.05, 4.69) is 21.7 Å². The first-order chi connectivity index (χ1) is 15.6. The molecule has 0 amide bonds. The van der Waals surface area contributed by atoms with Crippen LogP contribution in [0.4, 0.5) is 0 Å². The maximum Gasteiger partial charge on any atom is 0.203 e. The van der Waals surface area contributed by atoms with Crippen LogP contribution in [0.1, 0.15) is 25.0 Å². The molecule has 2 aromatic carbocycles. The highest BCUT2D eigenvalue weighted by Crippen LogP contribution is 2.39. The van der Waals surface area contributed by atoms with Crippen molar-refractivity contribution in [1.82, 2.24) is 10.6 Å². The van der Waals surface area contributed by atoms with Crippen LogP contribution in [-0.4, -0.2) is 54.1 Å². The van der Waals surface area contributed by atoms with Gasteiger partial charge in [-0.05, 0) is 50.1 Å². The first-order valence-electron chi connectivity index (χ1n) is 10.7. The summed E-state index contributed by atoms with van der Waals surface area (Å²) in [6.45, 7) is 6.35. The Morgan fingerprint density at radius 1 is 0.818 bits per heavy atom. The van der Waals surface area contributed by atoms with Gasteiger partial charge < -0.3 is 34.3 Å². The Bertz CT molecular complexity index is 893. The van der Waals surface area contributed by atoms with Crippen LogP contribution in [0.5, 0.6) is 28.7 Å². The number of halogens is 1. The van der Waals surface area contributed by atoms with Crippen molar-refractivity contribution >= 4 is 29.9 Å². The number of hydrogen-bond acceptors (Lipinski definition) is 6. The highest BCUT2D eigenvalue weighted by molar-refractivity contribution is 14.0. The quantitative estimate of drug-likeness (QED) is 0.226. The van der Waals surface area contributed by atoms with Crippen molar-refractivity contribution in [3.05, 3.63) is 41.5 Å². The van der Waals surface area contributed by atoms with E-state index in [9.17, 15) is 0 Å². The summed E-state index contributed by atoms with van der Waals surface area (Å²) in [5, 5.41) is 6.65. The number of guanidine groups is 1. The maximum atomic E-state index is 5.71. The van der Waals surface area contributed by atoms with Crippen LogP contribution in [0.15, 0.2) is 35.3 Å². The number of benzene rings is 2. The summed E-state index contributed by atoms with van der Waals surface area (Å²) in [4.78, 5) is 4.30. The molecule has 0 aromatic heterocycles. The molecule has 0 spiro atoms. The van der Waals surface area contributed by atoms with Crippen molar-refractivity contribution in [2.45, 2.75) is 26.8 Å². The molecule has 0 aliphatic rings. The Morgan fingerprint density at radius 2 is 1.48 bits per heavy atom. The molecule has 9 heteroatoms. The molecule has 0 saturated heterocycles. The zero-order valence-corrected chi connectivity index (χ0v) is 22.6. The van der Waals surface area contributed by atoms with Crippen LogP contribution < -0.4 is 34.3 Å². The van der Waals surface area contributed by atoms with Gasteiger partial charge in [0.05, 0.1) is 34.5 Å². The normalized spacial score (nSPS) is 10.7. The molecule has 0 unspecified atom stereocenters. The largest absolute Gasteiger partial charge is 0.493 e. The number of hydrogen-bond donors (Lipinski definition) is 2. The highest BCUT2D eigenvalue weighted by atomic mass is 127. The molecule has 0 fully saturated rings. The van der Waals surface area contributed by atoms with Crippen LogP contribution in [0.3, 0.4) is 0 Å². The van der Waals surface area contributed by atoms with Gasteiger partial charge in [-0.2, -0.15) is 0 Å². The predicted octanol–water partition coefficient (Wildman–Crippen LogP) is 4.04. The van der Waals surface area contributed by atoms with E-state index in [-0.39, 0.29) is 24.0 Å². The van der Waals surface area contributed by atoms with Crippen LogP contribution in [-0.2, 0) is 13.0 Å². The average Bonchev–Trinajstić information content (AvgIpc) is 2.82. The monoisotopic (exact) mass is 573 g/mol. The van der Waals surface area contributed by atoms with Gasteiger partial charge in [-0.3, -0.25) is 4.99 Å². The molecule has 0 aliphatic carbocycles. The van der Waals surface area contributed by atoms with E-state index in [0.717, 1.165) is 29.0 Å². The Hall–Kier alpha value is -2.56. The average molecular weight is 573 g/mol. The van der Waals surface area contributed by atoms with E-state index in [1.54, 1.807) is 28.4 Å². The summed E-state index contributed by atoms with van der Waals surface area (Å²) in [5.41, 5.74) is 2.09. The van der Waals surface area contributed by atoms with Gasteiger partial charge >= 0.3 is 0 Å². The van der Waals surface area contributed by atoms with Crippen molar-refractivity contribution in [3.63, 3.8) is 0 Å². The third-order valence-corrected chi connectivity index (χ3v) is 4.77. The maximum absolute atomic E-state index is 5.71. The number of nitrogens with one attached hydrogen (secondary N) is 2. The lowest BCUT2D eigenvalue weighted by molar-refractivity contribution is 0.287. The van der Waals surface area contributed by atoms with Gasteiger partial charge in [0, 0.05) is 25.7 Å². The molecule has 184 valence electrons. The summed E-state index contributed by atoms with van der Waals surface area (Å²) in [6, 6.07) is 9.84. The fraction of sp³-hybridized carbons (Fsp3) is 0.458. The molecule has 0 saturated carbocycles. The first kappa shape index (κ1) is 28.5. The Balaban J connectivity index is 0.00000544. The predicted molar refractivity (Wildman–Crippen MR) is 142 cm³/mol. The van der Waals surface area contributed by atoms with Gasteiger partial charge in [0.15, 0.2) is 29.0 Å². The van der Waals surface area contributed by atoms with E-state index in [4.69, 9.17) is 23.7 Å². The molecular formula is C24H36IN3O5. The lowest BCUT2D eigenvalue weighted by Crippen LogP contribution is -2.37. The summed E-state index contributed by atoms with van der Waals surface area (Å²) in [5.74, 6) is 4.06. The van der Waals surface area contributed by atoms with Crippen LogP contribution in [0.25, 0.3) is 0 Å². The lowest BCUT2D eigenvalue weighted by atomic mass is 10.1. The van der Waals surface area contributed by atoms with Crippen LogP contribution >= 0.6 is 24.0 Å². The first-order valence-corrected chi connectivity index (χ1v) is 10.7. The van der Waals surface area contributed by atoms with Crippen molar-refractivity contribution in [2.75, 3.05) is 48.1 Å². The van der Waals surface area contributed by atoms with Gasteiger partial charge in [0.25, 0.3) is 0 Å². The van der Waals surface area contributed by atoms with E-state index < -0.39 is 0 Å². The summed E-state index contributed by atoms with van der Waals surface area (Å²) < 4.78 is 27.7. The Labute approximate surface area is 214 Å². The second kappa shape index (κ2) is 15.3. The smallest absolute Gasteiger partial charge is 0.203 e. The zero-order chi connectivity index (χ0) is 23.3. The molecule has 8 nitrogen and oxygen atoms in total. The standard InChI is InChI=1S/C24H35N3O5.HI/c1-7-31-19-11-9-17(15-21(19)32-8-2)13-14-26-24(25-3)27-16-18-10-12-20(28-4)23(30-6)22(18)29-5;/h9-12,15H,7-8,13-14,16H2,1-6H3,(H2,25,26,27);1H. The molecule has 0 radical (unpaired) electrons. The van der Waals surface area contributed by atoms with Crippen molar-refractivity contribution in [1.29, 1.82) is 0 Å². The summed E-state index contributed by atoms with van der Waals surface area (Å²) in [6.07, 6.45) is 0.812. The molecule has 2 aromatic rings. The topological polar surface area (TPSA) is 82.6 Å². The van der Waals surface area contributed by atoms with E-state index in [0.29, 0.717) is 49.5 Å². The SMILES string of the molecule is CCOc1ccc(CCNC(=NC)NCc2ccc(OC)c(OC)c2OC)cc1OCC.I. The van der Waals surface area contributed by atoms with E-state index in [1.165, 1.54) is 0 Å². The minimum atomic E-state index is 0. The van der Waals surface area contributed by atoms with Gasteiger partial charge in [0.1, 0.15) is 0 Å². The second-order valence-electron chi connectivity index (χ2n) is 6.74. The number of ether oxygens (including phenoxy) is 5. The third-order valence-electron chi connectivity index (χ3n) is 4.77. The molecule has 2 N–H and O–H groups in total. The molecule has 2 rings (SSSR count). The number of nitrogens with zero attached hydrogens (tertiary/aromatic N) is 1. The lowest BCUT2D eigenvalue weighted by Gasteiger charge is -2.17. The number of aliphatic imine (C=N–C) groups is 1. The van der Waals surface area contributed by atoms with E-state index in [1.807, 2.05) is 38.1 Å². The highest BCUT2D eigenvalue weighted by Gasteiger charge is 2.16. The van der Waals surface area contributed by atoms with E-state index >= 15 is 0 Å². The molecule has 0 aliphatic heterocycles. The van der Waals surface area contributed by atoms with Gasteiger partial charge in [-0.25, -0.2) is 0 Å². The van der Waals surface area contributed by atoms with Crippen molar-refractivity contribution < 1.29 is 23.7 Å². The Kier molecular flexibility index (Phi) is 13.2. The second-order valence-corrected chi connectivity index (χ2v) is 6.74. The molecule has 33 heavy (non-hydrogen) atoms. The van der Waals surface area contributed by atoms with Crippen LogP contribution in [0.2, 0.25) is 0 Å². The molecule has 0 heterocycles. The molecular weight excluding hydrogens is 537 g/mol. The minimum absolute atomic E-state index is 0. The van der Waals surface area contributed by atoms with Gasteiger partial charge in [-0.1, -0.05) is 6.07 Å². The molecule has 0 atom stereocenters. The summed E-state index contributed by atoms with van der Waals surface area (Å²) >= 11 is 0. The zero-order valence-electron chi connectivity index (χ0n) is 20.3. The number of rotatable bonds is 12. The van der Waals surface area contributed by atoms with Gasteiger partial charge in [-0.15, -0.1) is 24.0 Å². The minimum Gasteiger partial charge on any atom is -0.493 e. The van der Waals surface area contributed by atoms with Gasteiger partial charge in [0.2, 0.25) is 5.75 Å². The number of methoxy groups -OCH3 is 3. The Morgan fingerprint density at radius 3 is 2.09 bits per heavy atom. The fourth-order valence-electron chi connectivity index (χ4n) is 3.28. The van der Waals surface area contributed by atoms with Crippen LogP contribution in [0, 0.1) is 0 Å². The van der Waals surface area contributed by atoms with Crippen molar-refractivity contribution in [3.8, 4) is 28.7 Å². The summed E-state index contributed by atoms with van der Waals surface area (Å²) in [7, 11) is 6.55. The fourth-order valence-corrected chi connectivity index (χ4v) is 3.28. The molecule has 0 bridgehead atoms.